The lowest BCUT2D eigenvalue weighted by molar-refractivity contribution is -0.136. The number of hydrogen-bond donors (Lipinski definition) is 6. The second kappa shape index (κ2) is 9.79. The van der Waals surface area contributed by atoms with Crippen LogP contribution in [0.1, 0.15) is 40.2 Å². The van der Waals surface area contributed by atoms with Gasteiger partial charge in [0.15, 0.2) is 5.75 Å². The zero-order chi connectivity index (χ0) is 29.1. The zero-order valence-corrected chi connectivity index (χ0v) is 21.8. The number of esters is 1. The maximum Gasteiger partial charge on any atom is 0.407 e. The number of anilines is 1. The molecule has 0 radical (unpaired) electrons. The van der Waals surface area contributed by atoms with Crippen molar-refractivity contribution in [1.29, 1.82) is 0 Å². The maximum absolute atomic E-state index is 12.5. The first kappa shape index (κ1) is 26.6. The molecule has 0 saturated heterocycles. The molecule has 212 valence electrons. The molecule has 2 saturated carbocycles. The normalized spacial score (nSPS) is 23.9. The van der Waals surface area contributed by atoms with Gasteiger partial charge in [0.25, 0.3) is 5.91 Å². The van der Waals surface area contributed by atoms with Gasteiger partial charge >= 0.3 is 12.1 Å². The molecule has 2 amide bonds. The van der Waals surface area contributed by atoms with Crippen LogP contribution in [0.5, 0.6) is 11.5 Å². The molecule has 3 atom stereocenters. The fourth-order valence-electron chi connectivity index (χ4n) is 6.19. The van der Waals surface area contributed by atoms with Crippen LogP contribution in [0.25, 0.3) is 11.1 Å². The third kappa shape index (κ3) is 4.43. The highest BCUT2D eigenvalue weighted by molar-refractivity contribution is 6.00. The van der Waals surface area contributed by atoms with Crippen molar-refractivity contribution in [3.8, 4) is 22.6 Å². The third-order valence-corrected chi connectivity index (χ3v) is 8.40. The molecule has 11 nitrogen and oxygen atoms in total. The minimum atomic E-state index is -1.42. The first-order valence-electron chi connectivity index (χ1n) is 13.3. The van der Waals surface area contributed by atoms with E-state index in [0.29, 0.717) is 0 Å². The number of nitrogens with two attached hydrogens (primary N) is 2. The van der Waals surface area contributed by atoms with Crippen LogP contribution in [-0.2, 0) is 9.53 Å². The Hall–Kier alpha value is -4.61. The molecule has 0 aliphatic heterocycles. The molecule has 0 bridgehead atoms. The summed E-state index contributed by atoms with van der Waals surface area (Å²) in [5.74, 6) is -3.44. The van der Waals surface area contributed by atoms with Crippen LogP contribution in [0.3, 0.4) is 0 Å². The Labute approximate surface area is 234 Å². The van der Waals surface area contributed by atoms with Gasteiger partial charge < -0.3 is 41.6 Å². The maximum atomic E-state index is 12.5. The third-order valence-electron chi connectivity index (χ3n) is 8.40. The first-order chi connectivity index (χ1) is 19.6. The van der Waals surface area contributed by atoms with E-state index >= 15 is 0 Å². The minimum Gasteiger partial charge on any atom is -0.505 e. The number of alkyl carbamates (subject to hydrolysis) is 1. The Morgan fingerprint density at radius 1 is 0.976 bits per heavy atom. The summed E-state index contributed by atoms with van der Waals surface area (Å²) in [6, 6.07) is 18.2. The fourth-order valence-corrected chi connectivity index (χ4v) is 6.19. The number of rotatable bonds is 9. The molecule has 0 heterocycles. The lowest BCUT2D eigenvalue weighted by atomic mass is 9.95. The number of ether oxygens (including phenoxy) is 2. The van der Waals surface area contributed by atoms with Crippen molar-refractivity contribution in [3.63, 3.8) is 0 Å². The number of aliphatic hydroxyl groups excluding tert-OH is 1. The van der Waals surface area contributed by atoms with Crippen molar-refractivity contribution in [2.75, 3.05) is 12.3 Å². The summed E-state index contributed by atoms with van der Waals surface area (Å²) in [4.78, 5) is 36.5. The highest BCUT2D eigenvalue weighted by Gasteiger charge is 2.86. The molecule has 8 N–H and O–H groups in total. The fraction of sp³-hybridized carbons (Fsp3) is 0.300. The smallest absolute Gasteiger partial charge is 0.407 e. The van der Waals surface area contributed by atoms with E-state index in [4.69, 9.17) is 20.9 Å². The van der Waals surface area contributed by atoms with Crippen LogP contribution in [-0.4, -0.2) is 57.6 Å². The molecule has 6 rings (SSSR count). The second-order valence-electron chi connectivity index (χ2n) is 10.7. The summed E-state index contributed by atoms with van der Waals surface area (Å²) in [5, 5.41) is 34.1. The van der Waals surface area contributed by atoms with Gasteiger partial charge in [-0.1, -0.05) is 48.5 Å². The van der Waals surface area contributed by atoms with E-state index < -0.39 is 41.0 Å². The van der Waals surface area contributed by atoms with Crippen LogP contribution < -0.4 is 21.5 Å². The molecule has 2 fully saturated rings. The Balaban J connectivity index is 0.973. The van der Waals surface area contributed by atoms with E-state index in [1.807, 2.05) is 36.4 Å². The number of hydrogen-bond acceptors (Lipinski definition) is 9. The van der Waals surface area contributed by atoms with Crippen molar-refractivity contribution >= 4 is 23.7 Å². The van der Waals surface area contributed by atoms with E-state index in [0.717, 1.165) is 22.3 Å². The molecule has 3 aromatic carbocycles. The molecule has 3 unspecified atom stereocenters. The number of benzene rings is 3. The predicted molar refractivity (Wildman–Crippen MR) is 146 cm³/mol. The van der Waals surface area contributed by atoms with E-state index in [-0.39, 0.29) is 54.7 Å². The number of amides is 2. The number of carbonyl (C=O) groups excluding carboxylic acids is 3. The van der Waals surface area contributed by atoms with Crippen molar-refractivity contribution in [2.24, 2.45) is 17.6 Å². The van der Waals surface area contributed by atoms with Gasteiger partial charge in [-0.05, 0) is 40.8 Å². The van der Waals surface area contributed by atoms with E-state index in [9.17, 15) is 29.7 Å². The van der Waals surface area contributed by atoms with Gasteiger partial charge in [-0.15, -0.1) is 0 Å². The minimum absolute atomic E-state index is 0.0725. The van der Waals surface area contributed by atoms with Gasteiger partial charge in [0, 0.05) is 30.2 Å². The zero-order valence-electron chi connectivity index (χ0n) is 21.8. The van der Waals surface area contributed by atoms with Crippen LogP contribution in [0.15, 0.2) is 60.7 Å². The number of primary amides is 1. The van der Waals surface area contributed by atoms with Crippen molar-refractivity contribution < 1.29 is 39.2 Å². The largest absolute Gasteiger partial charge is 0.505 e. The molecule has 41 heavy (non-hydrogen) atoms. The van der Waals surface area contributed by atoms with E-state index in [1.165, 1.54) is 12.1 Å². The summed E-state index contributed by atoms with van der Waals surface area (Å²) in [5.41, 5.74) is 13.3. The number of carbonyl (C=O) groups is 3. The van der Waals surface area contributed by atoms with Crippen molar-refractivity contribution in [1.82, 2.24) is 5.32 Å². The molecule has 3 aromatic rings. The van der Waals surface area contributed by atoms with Gasteiger partial charge in [-0.25, -0.2) is 4.79 Å². The number of nitrogens with one attached hydrogen (secondary N) is 1. The number of fused-ring (bicyclic) bond motifs is 4. The molecular formula is C30H29N3O8. The average molecular weight is 560 g/mol. The summed E-state index contributed by atoms with van der Waals surface area (Å²) in [6.07, 6.45) is -2.23. The highest BCUT2D eigenvalue weighted by atomic mass is 16.5. The lowest BCUT2D eigenvalue weighted by Crippen LogP contribution is -2.46. The molecule has 0 spiro atoms. The van der Waals surface area contributed by atoms with Gasteiger partial charge in [-0.3, -0.25) is 9.59 Å². The van der Waals surface area contributed by atoms with Gasteiger partial charge in [0.2, 0.25) is 0 Å². The average Bonchev–Trinajstić information content (AvgIpc) is 3.81. The van der Waals surface area contributed by atoms with Crippen LogP contribution in [0.4, 0.5) is 10.5 Å². The Bertz CT molecular complexity index is 1520. The Morgan fingerprint density at radius 3 is 2.20 bits per heavy atom. The molecule has 11 heteroatoms. The summed E-state index contributed by atoms with van der Waals surface area (Å²) in [6.45, 7) is 0.167. The monoisotopic (exact) mass is 559 g/mol. The Morgan fingerprint density at radius 2 is 1.59 bits per heavy atom. The number of nitrogen functional groups attached to an aromatic ring is 1. The van der Waals surface area contributed by atoms with Crippen LogP contribution in [0.2, 0.25) is 0 Å². The standard InChI is InChI=1S/C30H29N3O8/c31-19-9-10-20(23(27(19)36)28(32)37)41-22(35)12-11-21(34)30(39)24-25(30)26(24)33-29(38)40-13-18-16-7-3-1-5-14(16)15-6-2-4-8-17(15)18/h1-10,18,21,24-26,34,36,39H,11-13,31H2,(H2,32,37)(H,33,38). The molecule has 3 aliphatic carbocycles. The lowest BCUT2D eigenvalue weighted by Gasteiger charge is -2.26. The van der Waals surface area contributed by atoms with Crippen molar-refractivity contribution in [3.05, 3.63) is 77.4 Å². The topological polar surface area (TPSA) is 194 Å². The van der Waals surface area contributed by atoms with E-state index in [2.05, 4.69) is 17.4 Å². The molecule has 3 aliphatic rings. The quantitative estimate of drug-likeness (QED) is 0.0984. The molecular weight excluding hydrogens is 530 g/mol. The van der Waals surface area contributed by atoms with Crippen LogP contribution in [0, 0.1) is 11.8 Å². The van der Waals surface area contributed by atoms with Gasteiger partial charge in [0.05, 0.1) is 11.8 Å². The van der Waals surface area contributed by atoms with Crippen molar-refractivity contribution in [2.45, 2.75) is 36.5 Å². The Kier molecular flexibility index (Phi) is 6.35. The first-order valence-corrected chi connectivity index (χ1v) is 13.3. The number of aliphatic hydroxyl groups is 2. The summed E-state index contributed by atoms with van der Waals surface area (Å²) < 4.78 is 10.7. The summed E-state index contributed by atoms with van der Waals surface area (Å²) >= 11 is 0. The molecule has 0 aromatic heterocycles. The SMILES string of the molecule is NC(=O)c1c(OC(=O)CCC(O)C2(O)C3C(NC(=O)OCC4c5ccccc5-c5ccccc54)C32)ccc(N)c1O. The van der Waals surface area contributed by atoms with Gasteiger partial charge in [-0.2, -0.15) is 0 Å². The highest BCUT2D eigenvalue weighted by Crippen LogP contribution is 2.72. The van der Waals surface area contributed by atoms with Gasteiger partial charge in [0.1, 0.15) is 23.5 Å². The number of aromatic hydroxyl groups is 1. The van der Waals surface area contributed by atoms with E-state index in [1.54, 1.807) is 0 Å². The summed E-state index contributed by atoms with van der Waals surface area (Å²) in [7, 11) is 0. The number of phenols is 1. The second-order valence-corrected chi connectivity index (χ2v) is 10.7. The predicted octanol–water partition coefficient (Wildman–Crippen LogP) is 2.02. The van der Waals surface area contributed by atoms with Crippen LogP contribution >= 0.6 is 0 Å².